The lowest BCUT2D eigenvalue weighted by Crippen LogP contribution is -1.97. The molecule has 0 amide bonds. The zero-order valence-electron chi connectivity index (χ0n) is 11.0. The van der Waals surface area contributed by atoms with Gasteiger partial charge in [-0.2, -0.15) is 0 Å². The quantitative estimate of drug-likeness (QED) is 0.829. The summed E-state index contributed by atoms with van der Waals surface area (Å²) < 4.78 is 11.1. The number of aliphatic hydroxyl groups is 1. The first-order valence-corrected chi connectivity index (χ1v) is 5.96. The Morgan fingerprint density at radius 3 is 2.58 bits per heavy atom. The van der Waals surface area contributed by atoms with Gasteiger partial charge in [0.1, 0.15) is 0 Å². The average molecular weight is 259 g/mol. The molecule has 0 bridgehead atoms. The molecular formula is C15H17NO3. The molecule has 0 saturated carbocycles. The van der Waals surface area contributed by atoms with E-state index < -0.39 is 0 Å². The molecule has 0 aliphatic carbocycles. The van der Waals surface area contributed by atoms with Crippen molar-refractivity contribution in [1.29, 1.82) is 0 Å². The lowest BCUT2D eigenvalue weighted by molar-refractivity contribution is 0.280. The van der Waals surface area contributed by atoms with Crippen LogP contribution in [0.15, 0.2) is 36.4 Å². The van der Waals surface area contributed by atoms with Crippen molar-refractivity contribution in [2.45, 2.75) is 13.5 Å². The SMILES string of the molecule is COc1cc(CO)ccc1Oc1c(C)cccc1N. The Bertz CT molecular complexity index is 561. The molecule has 4 heteroatoms. The van der Waals surface area contributed by atoms with Gasteiger partial charge in [0.25, 0.3) is 0 Å². The van der Waals surface area contributed by atoms with Crippen LogP contribution in [0.5, 0.6) is 17.2 Å². The van der Waals surface area contributed by atoms with Crippen molar-refractivity contribution in [1.82, 2.24) is 0 Å². The highest BCUT2D eigenvalue weighted by Crippen LogP contribution is 2.36. The first-order valence-electron chi connectivity index (χ1n) is 5.96. The standard InChI is InChI=1S/C15H17NO3/c1-10-4-3-5-12(16)15(10)19-13-7-6-11(9-17)8-14(13)18-2/h3-8,17H,9,16H2,1-2H3. The molecule has 100 valence electrons. The van der Waals surface area contributed by atoms with Gasteiger partial charge in [-0.3, -0.25) is 0 Å². The summed E-state index contributed by atoms with van der Waals surface area (Å²) >= 11 is 0. The van der Waals surface area contributed by atoms with Crippen LogP contribution in [0.2, 0.25) is 0 Å². The molecule has 0 aromatic heterocycles. The molecule has 0 heterocycles. The fourth-order valence-electron chi connectivity index (χ4n) is 1.82. The second-order valence-corrected chi connectivity index (χ2v) is 4.24. The van der Waals surface area contributed by atoms with Crippen LogP contribution in [-0.4, -0.2) is 12.2 Å². The highest BCUT2D eigenvalue weighted by atomic mass is 16.5. The summed E-state index contributed by atoms with van der Waals surface area (Å²) in [7, 11) is 1.56. The van der Waals surface area contributed by atoms with Gasteiger partial charge < -0.3 is 20.3 Å². The third-order valence-corrected chi connectivity index (χ3v) is 2.86. The van der Waals surface area contributed by atoms with Gasteiger partial charge in [-0.05, 0) is 36.2 Å². The number of methoxy groups -OCH3 is 1. The number of anilines is 1. The van der Waals surface area contributed by atoms with Crippen LogP contribution in [-0.2, 0) is 6.61 Å². The monoisotopic (exact) mass is 259 g/mol. The van der Waals surface area contributed by atoms with Gasteiger partial charge in [-0.1, -0.05) is 18.2 Å². The summed E-state index contributed by atoms with van der Waals surface area (Å²) in [6.45, 7) is 1.89. The van der Waals surface area contributed by atoms with E-state index in [1.165, 1.54) is 0 Å². The lowest BCUT2D eigenvalue weighted by atomic mass is 10.2. The molecule has 19 heavy (non-hydrogen) atoms. The summed E-state index contributed by atoms with van der Waals surface area (Å²) in [5.41, 5.74) is 8.21. The van der Waals surface area contributed by atoms with Crippen LogP contribution in [0, 0.1) is 6.92 Å². The fourth-order valence-corrected chi connectivity index (χ4v) is 1.82. The molecule has 0 aliphatic heterocycles. The van der Waals surface area contributed by atoms with E-state index in [-0.39, 0.29) is 6.61 Å². The van der Waals surface area contributed by atoms with Crippen LogP contribution < -0.4 is 15.2 Å². The molecule has 0 fully saturated rings. The summed E-state index contributed by atoms with van der Waals surface area (Å²) in [6, 6.07) is 10.9. The van der Waals surface area contributed by atoms with Gasteiger partial charge in [0, 0.05) is 0 Å². The van der Waals surface area contributed by atoms with E-state index in [1.54, 1.807) is 31.4 Å². The van der Waals surface area contributed by atoms with Crippen molar-refractivity contribution in [3.05, 3.63) is 47.5 Å². The molecule has 0 saturated heterocycles. The smallest absolute Gasteiger partial charge is 0.169 e. The Morgan fingerprint density at radius 2 is 1.95 bits per heavy atom. The number of nitrogens with two attached hydrogens (primary N) is 1. The lowest BCUT2D eigenvalue weighted by Gasteiger charge is -2.14. The maximum atomic E-state index is 9.11. The number of aryl methyl sites for hydroxylation is 1. The molecule has 2 aromatic carbocycles. The highest BCUT2D eigenvalue weighted by Gasteiger charge is 2.10. The minimum Gasteiger partial charge on any atom is -0.493 e. The molecule has 2 aromatic rings. The van der Waals surface area contributed by atoms with E-state index in [9.17, 15) is 0 Å². The van der Waals surface area contributed by atoms with Crippen molar-refractivity contribution in [3.63, 3.8) is 0 Å². The molecule has 0 unspecified atom stereocenters. The summed E-state index contributed by atoms with van der Waals surface area (Å²) in [5, 5.41) is 9.11. The minimum absolute atomic E-state index is 0.0385. The molecule has 0 aliphatic rings. The maximum absolute atomic E-state index is 9.11. The molecule has 2 rings (SSSR count). The Balaban J connectivity index is 2.38. The largest absolute Gasteiger partial charge is 0.493 e. The van der Waals surface area contributed by atoms with Crippen LogP contribution in [0.4, 0.5) is 5.69 Å². The number of benzene rings is 2. The molecule has 0 atom stereocenters. The van der Waals surface area contributed by atoms with E-state index in [4.69, 9.17) is 20.3 Å². The molecule has 0 spiro atoms. The van der Waals surface area contributed by atoms with E-state index in [2.05, 4.69) is 0 Å². The van der Waals surface area contributed by atoms with Crippen molar-refractivity contribution in [2.75, 3.05) is 12.8 Å². The van der Waals surface area contributed by atoms with Crippen LogP contribution >= 0.6 is 0 Å². The van der Waals surface area contributed by atoms with Crippen LogP contribution in [0.1, 0.15) is 11.1 Å². The van der Waals surface area contributed by atoms with Gasteiger partial charge in [0.2, 0.25) is 0 Å². The van der Waals surface area contributed by atoms with E-state index in [0.717, 1.165) is 11.1 Å². The molecule has 0 radical (unpaired) electrons. The van der Waals surface area contributed by atoms with Gasteiger partial charge in [-0.15, -0.1) is 0 Å². The Labute approximate surface area is 112 Å². The van der Waals surface area contributed by atoms with Crippen molar-refractivity contribution < 1.29 is 14.6 Å². The zero-order chi connectivity index (χ0) is 13.8. The molecular weight excluding hydrogens is 242 g/mol. The fraction of sp³-hybridized carbons (Fsp3) is 0.200. The predicted molar refractivity (Wildman–Crippen MR) is 74.6 cm³/mol. The second-order valence-electron chi connectivity index (χ2n) is 4.24. The van der Waals surface area contributed by atoms with Gasteiger partial charge in [0.05, 0.1) is 19.4 Å². The van der Waals surface area contributed by atoms with Gasteiger partial charge in [0.15, 0.2) is 17.2 Å². The van der Waals surface area contributed by atoms with E-state index in [0.29, 0.717) is 22.9 Å². The second kappa shape index (κ2) is 5.63. The summed E-state index contributed by atoms with van der Waals surface area (Å²) in [4.78, 5) is 0. The van der Waals surface area contributed by atoms with Gasteiger partial charge >= 0.3 is 0 Å². The van der Waals surface area contributed by atoms with Crippen molar-refractivity contribution in [3.8, 4) is 17.2 Å². The van der Waals surface area contributed by atoms with Crippen molar-refractivity contribution in [2.24, 2.45) is 0 Å². The van der Waals surface area contributed by atoms with Crippen LogP contribution in [0.3, 0.4) is 0 Å². The molecule has 4 nitrogen and oxygen atoms in total. The number of para-hydroxylation sites is 1. The first-order chi connectivity index (χ1) is 9.15. The maximum Gasteiger partial charge on any atom is 0.169 e. The minimum atomic E-state index is -0.0385. The third kappa shape index (κ3) is 2.80. The number of hydrogen-bond acceptors (Lipinski definition) is 4. The first kappa shape index (κ1) is 13.2. The van der Waals surface area contributed by atoms with E-state index >= 15 is 0 Å². The molecule has 3 N–H and O–H groups in total. The van der Waals surface area contributed by atoms with E-state index in [1.807, 2.05) is 19.1 Å². The Hall–Kier alpha value is -2.20. The third-order valence-electron chi connectivity index (χ3n) is 2.86. The zero-order valence-corrected chi connectivity index (χ0v) is 11.0. The number of rotatable bonds is 4. The number of nitrogen functional groups attached to an aromatic ring is 1. The number of aliphatic hydroxyl groups excluding tert-OH is 1. The topological polar surface area (TPSA) is 64.7 Å². The Kier molecular flexibility index (Phi) is 3.92. The predicted octanol–water partition coefficient (Wildman–Crippen LogP) is 2.87. The summed E-state index contributed by atoms with van der Waals surface area (Å²) in [6.07, 6.45) is 0. The number of ether oxygens (including phenoxy) is 2. The normalized spacial score (nSPS) is 10.3. The van der Waals surface area contributed by atoms with Crippen LogP contribution in [0.25, 0.3) is 0 Å². The number of hydrogen-bond donors (Lipinski definition) is 2. The van der Waals surface area contributed by atoms with Crippen molar-refractivity contribution >= 4 is 5.69 Å². The average Bonchev–Trinajstić information content (AvgIpc) is 2.43. The van der Waals surface area contributed by atoms with Gasteiger partial charge in [-0.25, -0.2) is 0 Å². The summed E-state index contributed by atoms with van der Waals surface area (Å²) in [5.74, 6) is 1.76. The Morgan fingerprint density at radius 1 is 1.16 bits per heavy atom. The highest BCUT2D eigenvalue weighted by molar-refractivity contribution is 5.59.